The Morgan fingerprint density at radius 1 is 0.958 bits per heavy atom. The number of carbonyl (C=O) groups excluding carboxylic acids is 1. The van der Waals surface area contributed by atoms with Crippen molar-refractivity contribution in [3.8, 4) is 11.5 Å². The number of rotatable bonds is 9. The van der Waals surface area contributed by atoms with Crippen LogP contribution in [-0.4, -0.2) is 88.0 Å². The summed E-state index contributed by atoms with van der Waals surface area (Å²) < 4.78 is 47.1. The van der Waals surface area contributed by atoms with Gasteiger partial charge in [0.15, 0.2) is 5.54 Å². The fraction of sp³-hybridized carbons (Fsp3) is 0.371. The van der Waals surface area contributed by atoms with Crippen LogP contribution in [0.2, 0.25) is 5.02 Å². The minimum atomic E-state index is -4.40. The molecule has 0 radical (unpaired) electrons. The topological polar surface area (TPSA) is 109 Å². The second-order valence-corrected chi connectivity index (χ2v) is 14.7. The van der Waals surface area contributed by atoms with Gasteiger partial charge in [0.2, 0.25) is 5.89 Å². The molecule has 2 fully saturated rings. The van der Waals surface area contributed by atoms with Crippen LogP contribution >= 0.6 is 11.6 Å². The Morgan fingerprint density at radius 3 is 2.42 bits per heavy atom. The maximum Gasteiger partial charge on any atom is 0.271 e. The molecule has 2 saturated heterocycles. The quantitative estimate of drug-likeness (QED) is 0.240. The van der Waals surface area contributed by atoms with Gasteiger partial charge in [-0.25, -0.2) is 17.7 Å². The highest BCUT2D eigenvalue weighted by Gasteiger charge is 2.62. The summed E-state index contributed by atoms with van der Waals surface area (Å²) in [6.07, 6.45) is 4.47. The van der Waals surface area contributed by atoms with Crippen molar-refractivity contribution in [1.29, 1.82) is 0 Å². The highest BCUT2D eigenvalue weighted by molar-refractivity contribution is 7.93. The zero-order valence-electron chi connectivity index (χ0n) is 27.1. The van der Waals surface area contributed by atoms with Gasteiger partial charge in [0.05, 0.1) is 37.0 Å². The number of sulfonamides is 1. The molecule has 0 spiro atoms. The number of nitrogens with zero attached hydrogens (tertiary/aromatic N) is 5. The summed E-state index contributed by atoms with van der Waals surface area (Å²) in [6.45, 7) is 5.04. The van der Waals surface area contributed by atoms with Crippen LogP contribution < -0.4 is 13.8 Å². The molecule has 0 N–H and O–H groups in total. The van der Waals surface area contributed by atoms with Gasteiger partial charge in [0, 0.05) is 55.4 Å². The molecule has 3 aliphatic heterocycles. The molecule has 48 heavy (non-hydrogen) atoms. The van der Waals surface area contributed by atoms with Crippen LogP contribution in [0.3, 0.4) is 0 Å². The number of hydrogen-bond acceptors (Lipinski definition) is 10. The third kappa shape index (κ3) is 5.36. The van der Waals surface area contributed by atoms with E-state index in [1.165, 1.54) is 25.5 Å². The highest BCUT2D eigenvalue weighted by atomic mass is 35.5. The lowest BCUT2D eigenvalue weighted by atomic mass is 9.80. The molecule has 1 amide bonds. The Bertz CT molecular complexity index is 1910. The Kier molecular flexibility index (Phi) is 8.71. The van der Waals surface area contributed by atoms with Crippen LogP contribution in [0.1, 0.15) is 41.5 Å². The number of anilines is 1. The van der Waals surface area contributed by atoms with E-state index >= 15 is 4.79 Å². The molecule has 0 bridgehead atoms. The van der Waals surface area contributed by atoms with Crippen LogP contribution in [0, 0.1) is 0 Å². The number of carbonyl (C=O) groups is 1. The van der Waals surface area contributed by atoms with Gasteiger partial charge >= 0.3 is 0 Å². The normalized spacial score (nSPS) is 22.3. The SMILES string of the molecule is COc1ccc(S(=O)(=O)N2C(=O)C(c3ccc(CN4CCN(C)CC4)cc3OC)(N3CCC[C@H]3c3ncco3)c3cc(Cl)ccc32)cc1. The summed E-state index contributed by atoms with van der Waals surface area (Å²) in [7, 11) is 0.803. The van der Waals surface area contributed by atoms with Crippen LogP contribution in [0.15, 0.2) is 82.4 Å². The minimum Gasteiger partial charge on any atom is -0.497 e. The molecule has 3 aromatic carbocycles. The Hall–Kier alpha value is -3.94. The van der Waals surface area contributed by atoms with Crippen LogP contribution in [0.4, 0.5) is 5.69 Å². The third-order valence-corrected chi connectivity index (χ3v) is 11.7. The van der Waals surface area contributed by atoms with Gasteiger partial charge in [-0.05, 0) is 74.0 Å². The first-order valence-corrected chi connectivity index (χ1v) is 17.8. The molecule has 2 atom stereocenters. The summed E-state index contributed by atoms with van der Waals surface area (Å²) in [5, 5.41) is 0.368. The number of amides is 1. The van der Waals surface area contributed by atoms with Crippen molar-refractivity contribution in [2.45, 2.75) is 35.9 Å². The van der Waals surface area contributed by atoms with Gasteiger partial charge in [0.25, 0.3) is 15.9 Å². The number of fused-ring (bicyclic) bond motifs is 1. The van der Waals surface area contributed by atoms with E-state index in [-0.39, 0.29) is 10.6 Å². The summed E-state index contributed by atoms with van der Waals surface area (Å²) >= 11 is 6.68. The van der Waals surface area contributed by atoms with E-state index in [2.05, 4.69) is 21.8 Å². The third-order valence-electron chi connectivity index (χ3n) is 9.74. The van der Waals surface area contributed by atoms with Crippen molar-refractivity contribution in [3.05, 3.63) is 101 Å². The summed E-state index contributed by atoms with van der Waals surface area (Å²) in [4.78, 5) is 26.6. The zero-order chi connectivity index (χ0) is 33.6. The molecule has 13 heteroatoms. The molecule has 4 aromatic rings. The molecule has 4 heterocycles. The number of piperazine rings is 1. The fourth-order valence-corrected chi connectivity index (χ4v) is 8.98. The summed E-state index contributed by atoms with van der Waals surface area (Å²) in [6, 6.07) is 16.4. The van der Waals surface area contributed by atoms with Crippen molar-refractivity contribution in [1.82, 2.24) is 19.7 Å². The molecule has 1 unspecified atom stereocenters. The van der Waals surface area contributed by atoms with Gasteiger partial charge < -0.3 is 18.8 Å². The van der Waals surface area contributed by atoms with Crippen molar-refractivity contribution >= 4 is 33.2 Å². The number of likely N-dealkylation sites (tertiary alicyclic amines) is 1. The largest absolute Gasteiger partial charge is 0.497 e. The van der Waals surface area contributed by atoms with Crippen molar-refractivity contribution < 1.29 is 27.1 Å². The maximum absolute atomic E-state index is 15.5. The first-order valence-electron chi connectivity index (χ1n) is 16.0. The van der Waals surface area contributed by atoms with Crippen molar-refractivity contribution in [2.75, 3.05) is 58.3 Å². The summed E-state index contributed by atoms with van der Waals surface area (Å²) in [5.41, 5.74) is 0.571. The van der Waals surface area contributed by atoms with Crippen molar-refractivity contribution in [3.63, 3.8) is 0 Å². The van der Waals surface area contributed by atoms with Gasteiger partial charge in [0.1, 0.15) is 17.8 Å². The maximum atomic E-state index is 15.5. The van der Waals surface area contributed by atoms with E-state index in [4.69, 9.17) is 25.5 Å². The summed E-state index contributed by atoms with van der Waals surface area (Å²) in [5.74, 6) is 0.766. The smallest absolute Gasteiger partial charge is 0.271 e. The number of benzene rings is 3. The Morgan fingerprint density at radius 2 is 1.73 bits per heavy atom. The molecule has 252 valence electrons. The zero-order valence-corrected chi connectivity index (χ0v) is 28.7. The second-order valence-electron chi connectivity index (χ2n) is 12.5. The predicted octanol–water partition coefficient (Wildman–Crippen LogP) is 4.91. The number of halogens is 1. The lowest BCUT2D eigenvalue weighted by molar-refractivity contribution is -0.127. The number of methoxy groups -OCH3 is 2. The lowest BCUT2D eigenvalue weighted by Crippen LogP contribution is -2.54. The second kappa shape index (κ2) is 12.8. The fourth-order valence-electron chi connectivity index (χ4n) is 7.35. The average molecular weight is 692 g/mol. The van der Waals surface area contributed by atoms with Crippen LogP contribution in [-0.2, 0) is 26.9 Å². The van der Waals surface area contributed by atoms with Gasteiger partial charge in [-0.2, -0.15) is 0 Å². The number of likely N-dealkylation sites (N-methyl/N-ethyl adjacent to an activating group) is 1. The highest BCUT2D eigenvalue weighted by Crippen LogP contribution is 2.56. The van der Waals surface area contributed by atoms with E-state index in [0.29, 0.717) is 53.0 Å². The van der Waals surface area contributed by atoms with E-state index < -0.39 is 27.5 Å². The Balaban J connectivity index is 1.43. The first-order chi connectivity index (χ1) is 23.2. The predicted molar refractivity (Wildman–Crippen MR) is 181 cm³/mol. The van der Waals surface area contributed by atoms with Crippen LogP contribution in [0.25, 0.3) is 0 Å². The molecular formula is C35H38ClN5O6S. The molecule has 1 aromatic heterocycles. The van der Waals surface area contributed by atoms with Gasteiger partial charge in [-0.3, -0.25) is 14.6 Å². The number of ether oxygens (including phenoxy) is 2. The van der Waals surface area contributed by atoms with Crippen LogP contribution in [0.5, 0.6) is 11.5 Å². The number of oxazole rings is 1. The number of aromatic nitrogens is 1. The van der Waals surface area contributed by atoms with Crippen molar-refractivity contribution in [2.24, 2.45) is 0 Å². The molecule has 11 nitrogen and oxygen atoms in total. The molecule has 3 aliphatic rings. The van der Waals surface area contributed by atoms with Gasteiger partial charge in [-0.15, -0.1) is 0 Å². The monoisotopic (exact) mass is 691 g/mol. The first kappa shape index (κ1) is 32.6. The van der Waals surface area contributed by atoms with E-state index in [1.54, 1.807) is 43.6 Å². The molecular weight excluding hydrogens is 654 g/mol. The van der Waals surface area contributed by atoms with E-state index in [1.807, 2.05) is 23.1 Å². The lowest BCUT2D eigenvalue weighted by Gasteiger charge is -2.41. The Labute approximate surface area is 285 Å². The van der Waals surface area contributed by atoms with Gasteiger partial charge in [-0.1, -0.05) is 23.7 Å². The average Bonchev–Trinajstić information content (AvgIpc) is 3.85. The molecule has 0 saturated carbocycles. The number of hydrogen-bond donors (Lipinski definition) is 0. The standard InChI is InChI=1S/C35H38ClN5O6S/c1-38-16-18-39(19-17-38)23-24-6-12-28(32(21-24)46-3)35(40-15-4-5-31(40)33-37-14-20-47-33)29-22-25(36)7-13-30(29)41(34(35)42)48(43,44)27-10-8-26(45-2)9-11-27/h6-14,20-22,31H,4-5,15-19,23H2,1-3H3/t31-,35?/m0/s1. The van der Waals surface area contributed by atoms with E-state index in [9.17, 15) is 8.42 Å². The van der Waals surface area contributed by atoms with E-state index in [0.717, 1.165) is 42.5 Å². The molecule has 7 rings (SSSR count). The molecule has 0 aliphatic carbocycles. The minimum absolute atomic E-state index is 0.0477.